The highest BCUT2D eigenvalue weighted by Crippen LogP contribution is 2.46. The molecule has 270 valence electrons. The summed E-state index contributed by atoms with van der Waals surface area (Å²) in [4.78, 5) is 4.97. The van der Waals surface area contributed by atoms with Gasteiger partial charge in [-0.3, -0.25) is 0 Å². The van der Waals surface area contributed by atoms with E-state index in [0.29, 0.717) is 0 Å². The Balaban J connectivity index is 1.15. The summed E-state index contributed by atoms with van der Waals surface area (Å²) >= 11 is 0. The van der Waals surface area contributed by atoms with Crippen LogP contribution < -0.4 is 26.2 Å². The zero-order valence-electron chi connectivity index (χ0n) is 31.7. The second-order valence-corrected chi connectivity index (χ2v) is 15.3. The third-order valence-electron chi connectivity index (χ3n) is 12.2. The average Bonchev–Trinajstić information content (AvgIpc) is 3.62. The molecule has 0 aliphatic carbocycles. The van der Waals surface area contributed by atoms with E-state index in [-0.39, 0.29) is 6.71 Å². The van der Waals surface area contributed by atoms with Crippen molar-refractivity contribution in [2.75, 3.05) is 9.80 Å². The van der Waals surface area contributed by atoms with Gasteiger partial charge >= 0.3 is 0 Å². The molecule has 0 amide bonds. The smallest absolute Gasteiger partial charge is 0.252 e. The molecule has 2 aliphatic heterocycles. The molecule has 0 unspecified atom stereocenters. The first kappa shape index (κ1) is 32.7. The lowest BCUT2D eigenvalue weighted by molar-refractivity contribution is 1.15. The van der Waals surface area contributed by atoms with Crippen molar-refractivity contribution in [3.63, 3.8) is 0 Å². The van der Waals surface area contributed by atoms with E-state index >= 15 is 0 Å². The van der Waals surface area contributed by atoms with E-state index in [2.05, 4.69) is 233 Å². The standard InChI is InChI=1S/C54H36BN3/c1-4-17-37(18-5-1)39-31-33-42-43-34-32-40(38-19-6-2-7-20-38)36-53(43)58(52(42)35-39)49-28-15-14-27-48(49)57-47-26-13-11-24-45(47)55-44-23-10-12-25-46(44)56(41-21-8-3-9-22-41)50-29-16-30-51(57)54(50)55/h1-36H. The van der Waals surface area contributed by atoms with Crippen LogP contribution in [-0.4, -0.2) is 11.3 Å². The normalized spacial score (nSPS) is 12.7. The van der Waals surface area contributed by atoms with Gasteiger partial charge in [-0.2, -0.15) is 0 Å². The monoisotopic (exact) mass is 737 g/mol. The van der Waals surface area contributed by atoms with Crippen LogP contribution in [0.1, 0.15) is 0 Å². The Kier molecular flexibility index (Phi) is 7.33. The summed E-state index contributed by atoms with van der Waals surface area (Å²) in [6, 6.07) is 80.0. The SMILES string of the molecule is c1ccc(-c2ccc3c4ccc(-c5ccccc5)cc4n(-c4ccccc4N4c5ccccc5B5c6ccccc6N(c6ccccc6)c6cccc4c65)c3c2)cc1. The van der Waals surface area contributed by atoms with Crippen LogP contribution >= 0.6 is 0 Å². The molecule has 12 rings (SSSR count). The van der Waals surface area contributed by atoms with Crippen LogP contribution in [-0.2, 0) is 0 Å². The number of rotatable bonds is 5. The van der Waals surface area contributed by atoms with Gasteiger partial charge in [0.1, 0.15) is 0 Å². The Morgan fingerprint density at radius 2 is 0.724 bits per heavy atom. The zero-order valence-corrected chi connectivity index (χ0v) is 31.7. The van der Waals surface area contributed by atoms with E-state index in [9.17, 15) is 0 Å². The average molecular weight is 738 g/mol. The number of hydrogen-bond donors (Lipinski definition) is 0. The topological polar surface area (TPSA) is 11.4 Å². The number of aromatic nitrogens is 1. The Bertz CT molecular complexity index is 3090. The summed E-state index contributed by atoms with van der Waals surface area (Å²) < 4.78 is 2.51. The molecule has 3 heterocycles. The summed E-state index contributed by atoms with van der Waals surface area (Å²) in [5.41, 5.74) is 19.3. The van der Waals surface area contributed by atoms with Crippen molar-refractivity contribution < 1.29 is 0 Å². The Labute approximate surface area is 338 Å². The van der Waals surface area contributed by atoms with Gasteiger partial charge in [0.15, 0.2) is 0 Å². The molecule has 0 N–H and O–H groups in total. The molecular formula is C54H36BN3. The predicted octanol–water partition coefficient (Wildman–Crippen LogP) is 12.2. The van der Waals surface area contributed by atoms with Gasteiger partial charge in [-0.15, -0.1) is 0 Å². The molecule has 0 saturated heterocycles. The first-order chi connectivity index (χ1) is 28.8. The van der Waals surface area contributed by atoms with Crippen molar-refractivity contribution in [3.05, 3.63) is 218 Å². The number of para-hydroxylation sites is 5. The summed E-state index contributed by atoms with van der Waals surface area (Å²) in [6.45, 7) is 0.0806. The number of fused-ring (bicyclic) bond motifs is 7. The van der Waals surface area contributed by atoms with E-state index in [4.69, 9.17) is 0 Å². The van der Waals surface area contributed by atoms with E-state index < -0.39 is 0 Å². The maximum Gasteiger partial charge on any atom is 0.252 e. The van der Waals surface area contributed by atoms with Gasteiger partial charge in [-0.05, 0) is 99.3 Å². The van der Waals surface area contributed by atoms with Crippen molar-refractivity contribution in [2.24, 2.45) is 0 Å². The highest BCUT2D eigenvalue weighted by Gasteiger charge is 2.43. The van der Waals surface area contributed by atoms with E-state index in [1.807, 2.05) is 0 Å². The minimum atomic E-state index is 0.0806. The van der Waals surface area contributed by atoms with Gasteiger partial charge in [0.25, 0.3) is 6.71 Å². The molecule has 3 nitrogen and oxygen atoms in total. The number of hydrogen-bond acceptors (Lipinski definition) is 2. The van der Waals surface area contributed by atoms with Crippen LogP contribution in [0.5, 0.6) is 0 Å². The highest BCUT2D eigenvalue weighted by molar-refractivity contribution is 7.00. The Morgan fingerprint density at radius 1 is 0.293 bits per heavy atom. The molecule has 4 heteroatoms. The summed E-state index contributed by atoms with van der Waals surface area (Å²) in [5, 5.41) is 2.46. The van der Waals surface area contributed by atoms with E-state index in [1.54, 1.807) is 0 Å². The molecule has 9 aromatic carbocycles. The van der Waals surface area contributed by atoms with Gasteiger partial charge in [0.2, 0.25) is 0 Å². The lowest BCUT2D eigenvalue weighted by atomic mass is 9.33. The van der Waals surface area contributed by atoms with Gasteiger partial charge in [-0.25, -0.2) is 0 Å². The van der Waals surface area contributed by atoms with Crippen molar-refractivity contribution >= 4 is 79.0 Å². The van der Waals surface area contributed by atoms with Crippen molar-refractivity contribution in [1.29, 1.82) is 0 Å². The largest absolute Gasteiger partial charge is 0.311 e. The summed E-state index contributed by atoms with van der Waals surface area (Å²) in [6.07, 6.45) is 0. The van der Waals surface area contributed by atoms with Crippen LogP contribution in [0.15, 0.2) is 218 Å². The molecule has 0 fully saturated rings. The summed E-state index contributed by atoms with van der Waals surface area (Å²) in [7, 11) is 0. The number of nitrogens with zero attached hydrogens (tertiary/aromatic N) is 3. The Morgan fingerprint density at radius 3 is 1.29 bits per heavy atom. The molecular weight excluding hydrogens is 701 g/mol. The number of anilines is 6. The lowest BCUT2D eigenvalue weighted by Gasteiger charge is -2.44. The maximum atomic E-state index is 2.52. The van der Waals surface area contributed by atoms with Crippen LogP contribution in [0.2, 0.25) is 0 Å². The fourth-order valence-corrected chi connectivity index (χ4v) is 9.69. The first-order valence-electron chi connectivity index (χ1n) is 20.1. The highest BCUT2D eigenvalue weighted by atomic mass is 15.2. The van der Waals surface area contributed by atoms with E-state index in [0.717, 1.165) is 17.1 Å². The maximum absolute atomic E-state index is 2.52. The van der Waals surface area contributed by atoms with Crippen molar-refractivity contribution in [1.82, 2.24) is 4.57 Å². The second kappa shape index (κ2) is 13.0. The third-order valence-corrected chi connectivity index (χ3v) is 12.2. The quantitative estimate of drug-likeness (QED) is 0.163. The lowest BCUT2D eigenvalue weighted by Crippen LogP contribution is -2.61. The molecule has 0 bridgehead atoms. The first-order valence-corrected chi connectivity index (χ1v) is 20.1. The molecule has 58 heavy (non-hydrogen) atoms. The van der Waals surface area contributed by atoms with Crippen LogP contribution in [0.3, 0.4) is 0 Å². The van der Waals surface area contributed by atoms with Crippen LogP contribution in [0.4, 0.5) is 34.1 Å². The van der Waals surface area contributed by atoms with Crippen molar-refractivity contribution in [2.45, 2.75) is 0 Å². The van der Waals surface area contributed by atoms with Gasteiger partial charge < -0.3 is 14.4 Å². The zero-order chi connectivity index (χ0) is 38.2. The molecule has 0 saturated carbocycles. The molecule has 0 spiro atoms. The number of benzene rings is 9. The molecule has 0 radical (unpaired) electrons. The Hall–Kier alpha value is -7.56. The fourth-order valence-electron chi connectivity index (χ4n) is 9.69. The van der Waals surface area contributed by atoms with E-state index in [1.165, 1.54) is 83.2 Å². The van der Waals surface area contributed by atoms with Gasteiger partial charge in [-0.1, -0.05) is 158 Å². The predicted molar refractivity (Wildman–Crippen MR) is 246 cm³/mol. The summed E-state index contributed by atoms with van der Waals surface area (Å²) in [5.74, 6) is 0. The molecule has 2 aliphatic rings. The minimum Gasteiger partial charge on any atom is -0.311 e. The van der Waals surface area contributed by atoms with Crippen molar-refractivity contribution in [3.8, 4) is 27.9 Å². The fraction of sp³-hybridized carbons (Fsp3) is 0. The molecule has 0 atom stereocenters. The molecule has 1 aromatic heterocycles. The third kappa shape index (κ3) is 4.88. The van der Waals surface area contributed by atoms with Gasteiger partial charge in [0, 0.05) is 39.2 Å². The van der Waals surface area contributed by atoms with Crippen LogP contribution in [0, 0.1) is 0 Å². The van der Waals surface area contributed by atoms with Gasteiger partial charge in [0.05, 0.1) is 22.4 Å². The van der Waals surface area contributed by atoms with Crippen LogP contribution in [0.25, 0.3) is 49.7 Å². The second-order valence-electron chi connectivity index (χ2n) is 15.3. The molecule has 10 aromatic rings. The minimum absolute atomic E-state index is 0.0806.